The van der Waals surface area contributed by atoms with Crippen LogP contribution in [-0.2, 0) is 14.9 Å². The average Bonchev–Trinajstić information content (AvgIpc) is 2.36. The van der Waals surface area contributed by atoms with Crippen LogP contribution in [0.1, 0.15) is 19.4 Å². The van der Waals surface area contributed by atoms with E-state index >= 15 is 0 Å². The van der Waals surface area contributed by atoms with E-state index in [2.05, 4.69) is 19.6 Å². The lowest BCUT2D eigenvalue weighted by Gasteiger charge is -2.28. The molecule has 1 aromatic rings. The maximum Gasteiger partial charge on any atom is 0.315 e. The van der Waals surface area contributed by atoms with E-state index in [0.29, 0.717) is 5.75 Å². The van der Waals surface area contributed by atoms with Crippen LogP contribution in [0.5, 0.6) is 11.5 Å². The molecule has 20 heavy (non-hydrogen) atoms. The van der Waals surface area contributed by atoms with Crippen molar-refractivity contribution < 1.29 is 18.7 Å². The largest absolute Gasteiger partial charge is 0.544 e. The summed E-state index contributed by atoms with van der Waals surface area (Å²) in [6.45, 7) is 9.96. The highest BCUT2D eigenvalue weighted by atomic mass is 28.4. The molecule has 0 aromatic heterocycles. The number of ether oxygens (including phenoxy) is 2. The number of rotatable bonds is 5. The van der Waals surface area contributed by atoms with Gasteiger partial charge in [-0.1, -0.05) is 0 Å². The van der Waals surface area contributed by atoms with Crippen LogP contribution in [0.3, 0.4) is 0 Å². The zero-order valence-electron chi connectivity index (χ0n) is 13.4. The van der Waals surface area contributed by atoms with Crippen LogP contribution in [0.15, 0.2) is 18.2 Å². The van der Waals surface area contributed by atoms with Crippen molar-refractivity contribution in [3.05, 3.63) is 23.8 Å². The van der Waals surface area contributed by atoms with Gasteiger partial charge in [0, 0.05) is 5.56 Å². The van der Waals surface area contributed by atoms with Gasteiger partial charge >= 0.3 is 5.97 Å². The van der Waals surface area contributed by atoms with Crippen molar-refractivity contribution in [3.8, 4) is 11.5 Å². The monoisotopic (exact) mass is 296 g/mol. The van der Waals surface area contributed by atoms with Gasteiger partial charge < -0.3 is 13.9 Å². The number of hydrogen-bond donors (Lipinski definition) is 0. The molecular formula is C15H24O4Si. The summed E-state index contributed by atoms with van der Waals surface area (Å²) in [4.78, 5) is 12.0. The third-order valence-electron chi connectivity index (χ3n) is 2.97. The zero-order chi connectivity index (χ0) is 15.6. The van der Waals surface area contributed by atoms with Crippen LogP contribution in [-0.4, -0.2) is 28.5 Å². The van der Waals surface area contributed by atoms with Gasteiger partial charge in [-0.25, -0.2) is 0 Å². The first-order valence-electron chi connectivity index (χ1n) is 6.58. The van der Waals surface area contributed by atoms with Gasteiger partial charge in [-0.3, -0.25) is 4.79 Å². The lowest BCUT2D eigenvalue weighted by Crippen LogP contribution is -2.34. The molecule has 0 atom stereocenters. The maximum absolute atomic E-state index is 12.0. The predicted molar refractivity (Wildman–Crippen MR) is 82.0 cm³/mol. The second-order valence-corrected chi connectivity index (χ2v) is 10.6. The molecule has 0 N–H and O–H groups in total. The minimum Gasteiger partial charge on any atom is -0.544 e. The molecule has 0 bridgehead atoms. The van der Waals surface area contributed by atoms with Gasteiger partial charge in [0.15, 0.2) is 0 Å². The Morgan fingerprint density at radius 2 is 1.75 bits per heavy atom. The van der Waals surface area contributed by atoms with Crippen molar-refractivity contribution in [2.45, 2.75) is 38.9 Å². The first-order valence-corrected chi connectivity index (χ1v) is 9.98. The van der Waals surface area contributed by atoms with Crippen LogP contribution in [0.2, 0.25) is 19.6 Å². The molecule has 0 saturated carbocycles. The van der Waals surface area contributed by atoms with Gasteiger partial charge in [-0.15, -0.1) is 0 Å². The molecule has 1 rings (SSSR count). The molecule has 0 spiro atoms. The Kier molecular flexibility index (Phi) is 4.86. The fraction of sp³-hybridized carbons (Fsp3) is 0.533. The third kappa shape index (κ3) is 3.76. The molecule has 0 amide bonds. The molecule has 0 fully saturated rings. The minimum atomic E-state index is -1.77. The van der Waals surface area contributed by atoms with Gasteiger partial charge in [-0.05, 0) is 51.7 Å². The van der Waals surface area contributed by atoms with Crippen LogP contribution in [0.25, 0.3) is 0 Å². The van der Waals surface area contributed by atoms with Crippen LogP contribution < -0.4 is 9.16 Å². The second-order valence-electron chi connectivity index (χ2n) is 6.19. The predicted octanol–water partition coefficient (Wildman–Crippen LogP) is 3.36. The summed E-state index contributed by atoms with van der Waals surface area (Å²) in [5.74, 6) is 1.12. The summed E-state index contributed by atoms with van der Waals surface area (Å²) >= 11 is 0. The van der Waals surface area contributed by atoms with Crippen molar-refractivity contribution in [2.75, 3.05) is 14.2 Å². The van der Waals surface area contributed by atoms with Gasteiger partial charge in [0.2, 0.25) is 8.32 Å². The Morgan fingerprint density at radius 1 is 1.15 bits per heavy atom. The summed E-state index contributed by atoms with van der Waals surface area (Å²) in [7, 11) is 1.22. The molecule has 0 unspecified atom stereocenters. The van der Waals surface area contributed by atoms with E-state index in [1.165, 1.54) is 7.11 Å². The van der Waals surface area contributed by atoms with Gasteiger partial charge in [0.1, 0.15) is 11.5 Å². The second kappa shape index (κ2) is 5.87. The summed E-state index contributed by atoms with van der Waals surface area (Å²) in [5.41, 5.74) is -0.00993. The van der Waals surface area contributed by atoms with Gasteiger partial charge in [0.05, 0.1) is 19.6 Å². The summed E-state index contributed by atoms with van der Waals surface area (Å²) < 4.78 is 16.2. The summed E-state index contributed by atoms with van der Waals surface area (Å²) in [6, 6.07) is 5.54. The van der Waals surface area contributed by atoms with E-state index in [0.717, 1.165) is 11.3 Å². The Labute approximate surface area is 122 Å². The average molecular weight is 296 g/mol. The van der Waals surface area contributed by atoms with Crippen LogP contribution in [0.4, 0.5) is 0 Å². The molecule has 0 aliphatic heterocycles. The van der Waals surface area contributed by atoms with Crippen LogP contribution >= 0.6 is 0 Å². The number of carbonyl (C=O) groups excluding carboxylic acids is 1. The molecule has 1 aromatic carbocycles. The van der Waals surface area contributed by atoms with Crippen molar-refractivity contribution >= 4 is 14.3 Å². The molecule has 0 aliphatic rings. The number of esters is 1. The topological polar surface area (TPSA) is 44.8 Å². The van der Waals surface area contributed by atoms with Crippen LogP contribution in [0, 0.1) is 0 Å². The lowest BCUT2D eigenvalue weighted by molar-refractivity contribution is -0.146. The number of methoxy groups -OCH3 is 2. The molecule has 0 radical (unpaired) electrons. The molecule has 4 nitrogen and oxygen atoms in total. The van der Waals surface area contributed by atoms with E-state index in [1.807, 2.05) is 32.0 Å². The fourth-order valence-corrected chi connectivity index (χ4v) is 2.75. The number of carbonyl (C=O) groups is 1. The van der Waals surface area contributed by atoms with Crippen molar-refractivity contribution in [1.82, 2.24) is 0 Å². The SMILES string of the molecule is COC(=O)C(C)(C)c1cc(OC)ccc1O[Si](C)(C)C. The van der Waals surface area contributed by atoms with Gasteiger partial charge in [0.25, 0.3) is 0 Å². The van der Waals surface area contributed by atoms with E-state index in [1.54, 1.807) is 7.11 Å². The van der Waals surface area contributed by atoms with Crippen molar-refractivity contribution in [1.29, 1.82) is 0 Å². The highest BCUT2D eigenvalue weighted by Gasteiger charge is 2.35. The number of benzene rings is 1. The van der Waals surface area contributed by atoms with E-state index in [9.17, 15) is 4.79 Å². The smallest absolute Gasteiger partial charge is 0.315 e. The molecule has 5 heteroatoms. The molecular weight excluding hydrogens is 272 g/mol. The first kappa shape index (κ1) is 16.6. The van der Waals surface area contributed by atoms with E-state index in [4.69, 9.17) is 13.9 Å². The zero-order valence-corrected chi connectivity index (χ0v) is 14.4. The third-order valence-corrected chi connectivity index (χ3v) is 3.80. The lowest BCUT2D eigenvalue weighted by atomic mass is 9.84. The summed E-state index contributed by atoms with van der Waals surface area (Å²) in [5, 5.41) is 0. The Balaban J connectivity index is 3.36. The minimum absolute atomic E-state index is 0.300. The summed E-state index contributed by atoms with van der Waals surface area (Å²) in [6.07, 6.45) is 0. The highest BCUT2D eigenvalue weighted by molar-refractivity contribution is 6.70. The molecule has 0 heterocycles. The maximum atomic E-state index is 12.0. The van der Waals surface area contributed by atoms with E-state index < -0.39 is 13.7 Å². The van der Waals surface area contributed by atoms with Gasteiger partial charge in [-0.2, -0.15) is 0 Å². The normalized spacial score (nSPS) is 11.9. The molecule has 0 saturated heterocycles. The Bertz CT molecular complexity index is 489. The fourth-order valence-electron chi connectivity index (χ4n) is 1.91. The standard InChI is InChI=1S/C15H24O4Si/c1-15(2,14(16)18-4)12-10-11(17-3)8-9-13(12)19-20(5,6)7/h8-10H,1-7H3. The number of hydrogen-bond acceptors (Lipinski definition) is 4. The molecule has 0 aliphatic carbocycles. The first-order chi connectivity index (χ1) is 9.11. The van der Waals surface area contributed by atoms with Crippen molar-refractivity contribution in [2.24, 2.45) is 0 Å². The Morgan fingerprint density at radius 3 is 2.20 bits per heavy atom. The Hall–Kier alpha value is -1.49. The van der Waals surface area contributed by atoms with Crippen molar-refractivity contribution in [3.63, 3.8) is 0 Å². The quantitative estimate of drug-likeness (QED) is 0.617. The molecule has 112 valence electrons. The van der Waals surface area contributed by atoms with E-state index in [-0.39, 0.29) is 5.97 Å². The highest BCUT2D eigenvalue weighted by Crippen LogP contribution is 2.36.